The predicted molar refractivity (Wildman–Crippen MR) is 107 cm³/mol. The van der Waals surface area contributed by atoms with Gasteiger partial charge in [0, 0.05) is 19.8 Å². The Bertz CT molecular complexity index is 1060. The van der Waals surface area contributed by atoms with Crippen LogP contribution in [0.5, 0.6) is 0 Å². The number of nitrogens with zero attached hydrogens (tertiary/aromatic N) is 3. The largest absolute Gasteiger partial charge is 0.378 e. The number of benzene rings is 3. The van der Waals surface area contributed by atoms with Crippen LogP contribution in [0.1, 0.15) is 0 Å². The van der Waals surface area contributed by atoms with E-state index in [4.69, 9.17) is 0 Å². The van der Waals surface area contributed by atoms with Gasteiger partial charge in [0.2, 0.25) is 0 Å². The molecule has 0 aliphatic rings. The summed E-state index contributed by atoms with van der Waals surface area (Å²) in [4.78, 5) is 1.69. The molecule has 3 aromatic carbocycles. The average Bonchev–Trinajstić information content (AvgIpc) is 2.66. The van der Waals surface area contributed by atoms with Crippen LogP contribution in [0.3, 0.4) is 0 Å². The molecule has 7 heteroatoms. The fourth-order valence-corrected chi connectivity index (χ4v) is 3.19. The molecule has 0 aromatic heterocycles. The molecule has 0 heterocycles. The first-order valence-electron chi connectivity index (χ1n) is 8.21. The quantitative estimate of drug-likeness (QED) is 0.493. The fraction of sp³-hybridized carbons (Fsp3) is 0.100. The number of hydrogen-bond acceptors (Lipinski definition) is 5. The normalized spacial score (nSPS) is 11.7. The van der Waals surface area contributed by atoms with Gasteiger partial charge in [0.1, 0.15) is 10.6 Å². The minimum Gasteiger partial charge on any atom is -0.378 e. The van der Waals surface area contributed by atoms with Crippen molar-refractivity contribution in [3.63, 3.8) is 0 Å². The standard InChI is InChI=1S/C20H19N3O3S/c1-23(2)18-11-8-15(9-12-18)16-10-13-19(20(14-16)27(24,25)26)22-21-17-6-4-3-5-7-17/h3-14H,1-2H3,(H,24,25,26). The minimum absolute atomic E-state index is 0.0787. The Hall–Kier alpha value is -3.03. The maximum atomic E-state index is 11.8. The van der Waals surface area contributed by atoms with E-state index in [2.05, 4.69) is 10.2 Å². The van der Waals surface area contributed by atoms with Crippen molar-refractivity contribution >= 4 is 27.2 Å². The summed E-state index contributed by atoms with van der Waals surface area (Å²) in [5.74, 6) is 0. The molecule has 3 rings (SSSR count). The Balaban J connectivity index is 2.01. The van der Waals surface area contributed by atoms with Crippen LogP contribution in [0.15, 0.2) is 87.9 Å². The van der Waals surface area contributed by atoms with Crippen molar-refractivity contribution in [1.82, 2.24) is 0 Å². The molecule has 0 atom stereocenters. The third-order valence-corrected chi connectivity index (χ3v) is 4.87. The molecule has 0 aliphatic carbocycles. The fourth-order valence-electron chi connectivity index (χ4n) is 2.54. The Kier molecular flexibility index (Phi) is 5.34. The molecule has 0 spiro atoms. The Morgan fingerprint density at radius 3 is 2.04 bits per heavy atom. The van der Waals surface area contributed by atoms with Gasteiger partial charge in [0.05, 0.1) is 5.69 Å². The van der Waals surface area contributed by atoms with E-state index >= 15 is 0 Å². The van der Waals surface area contributed by atoms with Crippen molar-refractivity contribution < 1.29 is 13.0 Å². The maximum Gasteiger partial charge on any atom is 0.296 e. The highest BCUT2D eigenvalue weighted by Crippen LogP contribution is 2.32. The van der Waals surface area contributed by atoms with Crippen LogP contribution < -0.4 is 4.90 Å². The van der Waals surface area contributed by atoms with Crippen molar-refractivity contribution in [3.8, 4) is 11.1 Å². The molecule has 0 saturated heterocycles. The number of rotatable bonds is 5. The first kappa shape index (κ1) is 18.8. The molecule has 0 unspecified atom stereocenters. The molecule has 0 saturated carbocycles. The van der Waals surface area contributed by atoms with Crippen LogP contribution in [0.4, 0.5) is 17.1 Å². The molecular weight excluding hydrogens is 362 g/mol. The van der Waals surface area contributed by atoms with Gasteiger partial charge in [0.25, 0.3) is 10.1 Å². The first-order chi connectivity index (χ1) is 12.8. The van der Waals surface area contributed by atoms with Gasteiger partial charge in [-0.05, 0) is 47.5 Å². The zero-order valence-corrected chi connectivity index (χ0v) is 15.8. The van der Waals surface area contributed by atoms with Gasteiger partial charge in [-0.25, -0.2) is 0 Å². The van der Waals surface area contributed by atoms with Crippen molar-refractivity contribution in [2.45, 2.75) is 4.90 Å². The summed E-state index contributed by atoms with van der Waals surface area (Å²) < 4.78 is 33.3. The van der Waals surface area contributed by atoms with Gasteiger partial charge in [-0.3, -0.25) is 4.55 Å². The lowest BCUT2D eigenvalue weighted by atomic mass is 10.0. The molecule has 0 bridgehead atoms. The molecular formula is C20H19N3O3S. The van der Waals surface area contributed by atoms with E-state index in [0.29, 0.717) is 11.3 Å². The van der Waals surface area contributed by atoms with Gasteiger partial charge in [-0.2, -0.15) is 13.5 Å². The summed E-state index contributed by atoms with van der Waals surface area (Å²) in [6, 6.07) is 21.3. The number of anilines is 1. The monoisotopic (exact) mass is 381 g/mol. The third kappa shape index (κ3) is 4.58. The van der Waals surface area contributed by atoms with Crippen LogP contribution in [-0.4, -0.2) is 27.1 Å². The maximum absolute atomic E-state index is 11.8. The highest BCUT2D eigenvalue weighted by Gasteiger charge is 2.17. The van der Waals surface area contributed by atoms with Crippen LogP contribution in [0.25, 0.3) is 11.1 Å². The van der Waals surface area contributed by atoms with E-state index in [-0.39, 0.29) is 10.6 Å². The molecule has 27 heavy (non-hydrogen) atoms. The Labute approximate surface area is 158 Å². The zero-order valence-electron chi connectivity index (χ0n) is 14.9. The summed E-state index contributed by atoms with van der Waals surface area (Å²) >= 11 is 0. The van der Waals surface area contributed by atoms with Crippen molar-refractivity contribution in [1.29, 1.82) is 0 Å². The van der Waals surface area contributed by atoms with Gasteiger partial charge in [0.15, 0.2) is 0 Å². The van der Waals surface area contributed by atoms with Gasteiger partial charge in [-0.15, -0.1) is 5.11 Å². The van der Waals surface area contributed by atoms with Gasteiger partial charge < -0.3 is 4.90 Å². The molecule has 0 radical (unpaired) electrons. The summed E-state index contributed by atoms with van der Waals surface area (Å²) in [5, 5.41) is 8.02. The smallest absolute Gasteiger partial charge is 0.296 e. The van der Waals surface area contributed by atoms with Gasteiger partial charge >= 0.3 is 0 Å². The van der Waals surface area contributed by atoms with Crippen LogP contribution >= 0.6 is 0 Å². The van der Waals surface area contributed by atoms with Crippen molar-refractivity contribution in [2.75, 3.05) is 19.0 Å². The zero-order chi connectivity index (χ0) is 19.4. The van der Waals surface area contributed by atoms with Crippen LogP contribution in [0.2, 0.25) is 0 Å². The highest BCUT2D eigenvalue weighted by molar-refractivity contribution is 7.86. The molecule has 0 amide bonds. The summed E-state index contributed by atoms with van der Waals surface area (Å²) in [6.45, 7) is 0. The van der Waals surface area contributed by atoms with E-state index in [9.17, 15) is 13.0 Å². The van der Waals surface area contributed by atoms with Crippen LogP contribution in [0, 0.1) is 0 Å². The lowest BCUT2D eigenvalue weighted by molar-refractivity contribution is 0.483. The summed E-state index contributed by atoms with van der Waals surface area (Å²) in [5.41, 5.74) is 3.18. The number of azo groups is 1. The third-order valence-electron chi connectivity index (χ3n) is 3.98. The minimum atomic E-state index is -4.45. The van der Waals surface area contributed by atoms with Crippen LogP contribution in [-0.2, 0) is 10.1 Å². The van der Waals surface area contributed by atoms with Crippen molar-refractivity contribution in [3.05, 3.63) is 72.8 Å². The first-order valence-corrected chi connectivity index (χ1v) is 9.65. The lowest BCUT2D eigenvalue weighted by Crippen LogP contribution is -2.07. The molecule has 0 fully saturated rings. The second-order valence-corrected chi connectivity index (χ2v) is 7.52. The number of hydrogen-bond donors (Lipinski definition) is 1. The molecule has 3 aromatic rings. The van der Waals surface area contributed by atoms with E-state index in [1.54, 1.807) is 30.3 Å². The SMILES string of the molecule is CN(C)c1ccc(-c2ccc(N=Nc3ccccc3)c(S(=O)(=O)O)c2)cc1. The Morgan fingerprint density at radius 1 is 0.815 bits per heavy atom. The Morgan fingerprint density at radius 2 is 1.44 bits per heavy atom. The average molecular weight is 381 g/mol. The van der Waals surface area contributed by atoms with Gasteiger partial charge in [-0.1, -0.05) is 36.4 Å². The topological polar surface area (TPSA) is 82.3 Å². The summed E-state index contributed by atoms with van der Waals surface area (Å²) in [6.07, 6.45) is 0. The molecule has 0 aliphatic heterocycles. The second kappa shape index (κ2) is 7.69. The predicted octanol–water partition coefficient (Wildman–Crippen LogP) is 5.08. The van der Waals surface area contributed by atoms with E-state index in [0.717, 1.165) is 11.3 Å². The van der Waals surface area contributed by atoms with E-state index in [1.165, 1.54) is 12.1 Å². The van der Waals surface area contributed by atoms with Crippen molar-refractivity contribution in [2.24, 2.45) is 10.2 Å². The highest BCUT2D eigenvalue weighted by atomic mass is 32.2. The second-order valence-electron chi connectivity index (χ2n) is 6.13. The molecule has 138 valence electrons. The molecule has 1 N–H and O–H groups in total. The summed E-state index contributed by atoms with van der Waals surface area (Å²) in [7, 11) is -0.567. The van der Waals surface area contributed by atoms with E-state index in [1.807, 2.05) is 49.3 Å². The lowest BCUT2D eigenvalue weighted by Gasteiger charge is -2.13. The van der Waals surface area contributed by atoms with E-state index < -0.39 is 10.1 Å². The molecule has 6 nitrogen and oxygen atoms in total.